The minimum Gasteiger partial charge on any atom is -0.398 e. The van der Waals surface area contributed by atoms with Gasteiger partial charge in [0.2, 0.25) is 5.91 Å². The summed E-state index contributed by atoms with van der Waals surface area (Å²) in [6.45, 7) is 0. The maximum Gasteiger partial charge on any atom is 0.221 e. The topological polar surface area (TPSA) is 69.1 Å². The fourth-order valence-corrected chi connectivity index (χ4v) is 1.02. The molecule has 3 nitrogen and oxygen atoms in total. The van der Waals surface area contributed by atoms with Crippen molar-refractivity contribution < 1.29 is 9.18 Å². The Bertz CT molecular complexity index is 354. The molecule has 1 amide bonds. The second-order valence-corrected chi connectivity index (χ2v) is 2.82. The van der Waals surface area contributed by atoms with E-state index in [1.807, 2.05) is 0 Å². The van der Waals surface area contributed by atoms with Crippen molar-refractivity contribution in [1.29, 1.82) is 0 Å². The number of anilines is 1. The van der Waals surface area contributed by atoms with Crippen LogP contribution in [0.4, 0.5) is 10.1 Å². The highest BCUT2D eigenvalue weighted by Gasteiger charge is 2.01. The molecule has 0 bridgehead atoms. The molecule has 4 heteroatoms. The lowest BCUT2D eigenvalue weighted by Gasteiger charge is -2.00. The Labute approximate surface area is 81.2 Å². The molecule has 1 rings (SSSR count). The van der Waals surface area contributed by atoms with Crippen molar-refractivity contribution in [3.05, 3.63) is 35.7 Å². The zero-order chi connectivity index (χ0) is 10.6. The molecule has 0 radical (unpaired) electrons. The van der Waals surface area contributed by atoms with E-state index in [1.165, 1.54) is 24.3 Å². The Morgan fingerprint density at radius 2 is 2.21 bits per heavy atom. The molecular formula is C10H11FN2O. The normalized spacial score (nSPS) is 10.6. The van der Waals surface area contributed by atoms with Crippen molar-refractivity contribution in [3.8, 4) is 0 Å². The quantitative estimate of drug-likeness (QED) is 0.712. The summed E-state index contributed by atoms with van der Waals surface area (Å²) in [6.07, 6.45) is 3.01. The van der Waals surface area contributed by atoms with E-state index in [-0.39, 0.29) is 12.0 Å². The number of hydrogen-bond acceptors (Lipinski definition) is 2. The van der Waals surface area contributed by atoms with E-state index < -0.39 is 11.7 Å². The molecule has 0 aliphatic carbocycles. The van der Waals surface area contributed by atoms with Crippen LogP contribution in [0.25, 0.3) is 6.08 Å². The summed E-state index contributed by atoms with van der Waals surface area (Å²) >= 11 is 0. The minimum atomic E-state index is -0.462. The fourth-order valence-electron chi connectivity index (χ4n) is 1.02. The smallest absolute Gasteiger partial charge is 0.221 e. The molecule has 14 heavy (non-hydrogen) atoms. The molecular weight excluding hydrogens is 183 g/mol. The van der Waals surface area contributed by atoms with Crippen LogP contribution in [0.5, 0.6) is 0 Å². The number of rotatable bonds is 3. The summed E-state index contributed by atoms with van der Waals surface area (Å²) in [5.41, 5.74) is 11.1. The van der Waals surface area contributed by atoms with Crippen LogP contribution in [0.1, 0.15) is 12.0 Å². The van der Waals surface area contributed by atoms with Crippen molar-refractivity contribution >= 4 is 17.7 Å². The lowest BCUT2D eigenvalue weighted by molar-refractivity contribution is -0.117. The van der Waals surface area contributed by atoms with Gasteiger partial charge < -0.3 is 11.5 Å². The lowest BCUT2D eigenvalue weighted by Crippen LogP contribution is -2.08. The Kier molecular flexibility index (Phi) is 3.23. The van der Waals surface area contributed by atoms with Gasteiger partial charge in [0, 0.05) is 17.7 Å². The Hall–Kier alpha value is -1.84. The van der Waals surface area contributed by atoms with Gasteiger partial charge in [-0.1, -0.05) is 18.2 Å². The average molecular weight is 194 g/mol. The van der Waals surface area contributed by atoms with Crippen LogP contribution in [0.2, 0.25) is 0 Å². The van der Waals surface area contributed by atoms with E-state index in [1.54, 1.807) is 6.07 Å². The van der Waals surface area contributed by atoms with Crippen LogP contribution in [0, 0.1) is 5.82 Å². The Balaban J connectivity index is 2.85. The molecule has 0 atom stereocenters. The van der Waals surface area contributed by atoms with E-state index in [2.05, 4.69) is 0 Å². The first-order valence-electron chi connectivity index (χ1n) is 4.10. The maximum absolute atomic E-state index is 13.1. The molecule has 1 aromatic carbocycles. The maximum atomic E-state index is 13.1. The monoisotopic (exact) mass is 194 g/mol. The van der Waals surface area contributed by atoms with E-state index in [4.69, 9.17) is 11.5 Å². The largest absolute Gasteiger partial charge is 0.398 e. The van der Waals surface area contributed by atoms with Gasteiger partial charge in [-0.3, -0.25) is 4.79 Å². The van der Waals surface area contributed by atoms with Gasteiger partial charge >= 0.3 is 0 Å². The van der Waals surface area contributed by atoms with E-state index in [0.29, 0.717) is 5.69 Å². The van der Waals surface area contributed by atoms with Gasteiger partial charge in [-0.2, -0.15) is 0 Å². The molecule has 1 aromatic rings. The predicted molar refractivity (Wildman–Crippen MR) is 53.7 cm³/mol. The molecule has 0 unspecified atom stereocenters. The molecule has 4 N–H and O–H groups in total. The van der Waals surface area contributed by atoms with Gasteiger partial charge in [0.25, 0.3) is 0 Å². The van der Waals surface area contributed by atoms with Gasteiger partial charge in [-0.15, -0.1) is 0 Å². The summed E-state index contributed by atoms with van der Waals surface area (Å²) < 4.78 is 13.1. The number of nitrogens with two attached hydrogens (primary N) is 2. The summed E-state index contributed by atoms with van der Waals surface area (Å²) in [5.74, 6) is -0.873. The van der Waals surface area contributed by atoms with Crippen molar-refractivity contribution in [2.24, 2.45) is 5.73 Å². The zero-order valence-corrected chi connectivity index (χ0v) is 7.53. The summed E-state index contributed by atoms with van der Waals surface area (Å²) in [4.78, 5) is 10.4. The molecule has 0 spiro atoms. The first-order valence-corrected chi connectivity index (χ1v) is 4.10. The summed E-state index contributed by atoms with van der Waals surface area (Å²) in [5, 5.41) is 0. The molecule has 0 heterocycles. The van der Waals surface area contributed by atoms with Gasteiger partial charge in [0.05, 0.1) is 0 Å². The molecule has 0 aromatic heterocycles. The summed E-state index contributed by atoms with van der Waals surface area (Å²) in [7, 11) is 0. The minimum absolute atomic E-state index is 0.0772. The van der Waals surface area contributed by atoms with Crippen molar-refractivity contribution in [1.82, 2.24) is 0 Å². The van der Waals surface area contributed by atoms with Crippen LogP contribution >= 0.6 is 0 Å². The van der Waals surface area contributed by atoms with Crippen LogP contribution < -0.4 is 11.5 Å². The molecule has 0 fully saturated rings. The van der Waals surface area contributed by atoms with Crippen LogP contribution in [0.3, 0.4) is 0 Å². The standard InChI is InChI=1S/C10H11FN2O/c11-8-4-2-5-9(12)7(8)3-1-6-10(13)14/h1-5H,6,12H2,(H2,13,14). The number of halogens is 1. The highest BCUT2D eigenvalue weighted by molar-refractivity contribution is 5.77. The fraction of sp³-hybridized carbons (Fsp3) is 0.100. The van der Waals surface area contributed by atoms with E-state index in [9.17, 15) is 9.18 Å². The van der Waals surface area contributed by atoms with Crippen molar-refractivity contribution in [2.45, 2.75) is 6.42 Å². The molecule has 0 saturated carbocycles. The molecule has 0 aliphatic rings. The third kappa shape index (κ3) is 2.58. The second-order valence-electron chi connectivity index (χ2n) is 2.82. The zero-order valence-electron chi connectivity index (χ0n) is 7.53. The van der Waals surface area contributed by atoms with Crippen LogP contribution in [-0.2, 0) is 4.79 Å². The van der Waals surface area contributed by atoms with Crippen molar-refractivity contribution in [3.63, 3.8) is 0 Å². The first kappa shape index (κ1) is 10.2. The predicted octanol–water partition coefficient (Wildman–Crippen LogP) is 1.30. The average Bonchev–Trinajstić information content (AvgIpc) is 2.09. The van der Waals surface area contributed by atoms with E-state index >= 15 is 0 Å². The number of primary amides is 1. The number of carbonyl (C=O) groups excluding carboxylic acids is 1. The molecule has 74 valence electrons. The summed E-state index contributed by atoms with van der Waals surface area (Å²) in [6, 6.07) is 4.42. The number of hydrogen-bond donors (Lipinski definition) is 2. The number of benzene rings is 1. The molecule has 0 saturated heterocycles. The van der Waals surface area contributed by atoms with Crippen LogP contribution in [-0.4, -0.2) is 5.91 Å². The van der Waals surface area contributed by atoms with Gasteiger partial charge in [0.1, 0.15) is 5.82 Å². The number of carbonyl (C=O) groups is 1. The molecule has 0 aliphatic heterocycles. The third-order valence-electron chi connectivity index (χ3n) is 1.69. The van der Waals surface area contributed by atoms with Gasteiger partial charge in [-0.25, -0.2) is 4.39 Å². The lowest BCUT2D eigenvalue weighted by atomic mass is 10.1. The van der Waals surface area contributed by atoms with Crippen LogP contribution in [0.15, 0.2) is 24.3 Å². The first-order chi connectivity index (χ1) is 6.61. The van der Waals surface area contributed by atoms with Crippen molar-refractivity contribution in [2.75, 3.05) is 5.73 Å². The highest BCUT2D eigenvalue weighted by atomic mass is 19.1. The third-order valence-corrected chi connectivity index (χ3v) is 1.69. The van der Waals surface area contributed by atoms with Gasteiger partial charge in [0.15, 0.2) is 0 Å². The Morgan fingerprint density at radius 1 is 1.50 bits per heavy atom. The Morgan fingerprint density at radius 3 is 2.79 bits per heavy atom. The number of amides is 1. The van der Waals surface area contributed by atoms with Gasteiger partial charge in [-0.05, 0) is 12.1 Å². The van der Waals surface area contributed by atoms with E-state index in [0.717, 1.165) is 0 Å². The highest BCUT2D eigenvalue weighted by Crippen LogP contribution is 2.17. The number of nitrogen functional groups attached to an aromatic ring is 1. The second kappa shape index (κ2) is 4.41. The SMILES string of the molecule is NC(=O)CC=Cc1c(N)cccc1F.